The van der Waals surface area contributed by atoms with Gasteiger partial charge in [-0.1, -0.05) is 51.5 Å². The lowest BCUT2D eigenvalue weighted by atomic mass is 10.0. The van der Waals surface area contributed by atoms with Gasteiger partial charge in [0, 0.05) is 12.2 Å². The SMILES string of the molecule is C=C(CCCC)NCc1ccc(CCCC)c(C)c1. The minimum atomic E-state index is 0.900. The third-order valence-electron chi connectivity index (χ3n) is 3.58. The van der Waals surface area contributed by atoms with Gasteiger partial charge in [-0.05, 0) is 49.3 Å². The van der Waals surface area contributed by atoms with E-state index in [1.807, 2.05) is 0 Å². The molecule has 106 valence electrons. The van der Waals surface area contributed by atoms with Gasteiger partial charge in [-0.3, -0.25) is 0 Å². The first-order valence-electron chi connectivity index (χ1n) is 7.67. The Kier molecular flexibility index (Phi) is 7.32. The molecule has 0 aliphatic carbocycles. The van der Waals surface area contributed by atoms with Crippen LogP contribution in [0, 0.1) is 6.92 Å². The summed E-state index contributed by atoms with van der Waals surface area (Å²) in [7, 11) is 0. The molecule has 0 saturated heterocycles. The summed E-state index contributed by atoms with van der Waals surface area (Å²) in [6, 6.07) is 6.85. The van der Waals surface area contributed by atoms with Crippen LogP contribution in [0.1, 0.15) is 62.6 Å². The lowest BCUT2D eigenvalue weighted by molar-refractivity contribution is 0.702. The van der Waals surface area contributed by atoms with Crippen LogP contribution in [0.3, 0.4) is 0 Å². The third-order valence-corrected chi connectivity index (χ3v) is 3.58. The van der Waals surface area contributed by atoms with E-state index in [-0.39, 0.29) is 0 Å². The van der Waals surface area contributed by atoms with Gasteiger partial charge in [-0.25, -0.2) is 0 Å². The maximum Gasteiger partial charge on any atom is 0.0397 e. The Labute approximate surface area is 119 Å². The highest BCUT2D eigenvalue weighted by atomic mass is 14.9. The largest absolute Gasteiger partial charge is 0.385 e. The van der Waals surface area contributed by atoms with Crippen molar-refractivity contribution in [1.29, 1.82) is 0 Å². The monoisotopic (exact) mass is 259 g/mol. The second-order valence-electron chi connectivity index (χ2n) is 5.43. The molecule has 1 rings (SSSR count). The Morgan fingerprint density at radius 3 is 2.53 bits per heavy atom. The highest BCUT2D eigenvalue weighted by Gasteiger charge is 2.01. The summed E-state index contributed by atoms with van der Waals surface area (Å²) in [5.41, 5.74) is 5.44. The number of unbranched alkanes of at least 4 members (excludes halogenated alkanes) is 2. The Morgan fingerprint density at radius 1 is 1.16 bits per heavy atom. The average molecular weight is 259 g/mol. The zero-order chi connectivity index (χ0) is 14.1. The second kappa shape index (κ2) is 8.79. The Morgan fingerprint density at radius 2 is 1.89 bits per heavy atom. The van der Waals surface area contributed by atoms with Crippen molar-refractivity contribution in [1.82, 2.24) is 5.32 Å². The van der Waals surface area contributed by atoms with Gasteiger partial charge in [-0.15, -0.1) is 0 Å². The molecular weight excluding hydrogens is 230 g/mol. The normalized spacial score (nSPS) is 10.5. The molecule has 0 aromatic heterocycles. The first kappa shape index (κ1) is 15.8. The van der Waals surface area contributed by atoms with Crippen molar-refractivity contribution in [2.75, 3.05) is 0 Å². The minimum Gasteiger partial charge on any atom is -0.385 e. The molecule has 0 amide bonds. The summed E-state index contributed by atoms with van der Waals surface area (Å²) in [6.45, 7) is 11.7. The van der Waals surface area contributed by atoms with E-state index in [0.717, 1.165) is 18.7 Å². The molecule has 0 bridgehead atoms. The van der Waals surface area contributed by atoms with Crippen molar-refractivity contribution in [3.8, 4) is 0 Å². The van der Waals surface area contributed by atoms with Crippen molar-refractivity contribution in [3.05, 3.63) is 47.2 Å². The molecule has 0 spiro atoms. The van der Waals surface area contributed by atoms with Crippen LogP contribution in [-0.2, 0) is 13.0 Å². The molecule has 1 N–H and O–H groups in total. The first-order chi connectivity index (χ1) is 9.17. The molecule has 1 aromatic carbocycles. The van der Waals surface area contributed by atoms with Gasteiger partial charge in [0.25, 0.3) is 0 Å². The number of hydrogen-bond donors (Lipinski definition) is 1. The zero-order valence-corrected chi connectivity index (χ0v) is 12.9. The Bertz CT molecular complexity index is 393. The molecule has 0 heterocycles. The van der Waals surface area contributed by atoms with Crippen molar-refractivity contribution >= 4 is 0 Å². The second-order valence-corrected chi connectivity index (χ2v) is 5.43. The van der Waals surface area contributed by atoms with E-state index in [4.69, 9.17) is 0 Å². The average Bonchev–Trinajstić information content (AvgIpc) is 2.41. The molecule has 0 fully saturated rings. The molecule has 1 aromatic rings. The Hall–Kier alpha value is -1.24. The molecule has 19 heavy (non-hydrogen) atoms. The molecule has 1 nitrogen and oxygen atoms in total. The van der Waals surface area contributed by atoms with E-state index in [1.165, 1.54) is 48.8 Å². The third kappa shape index (κ3) is 5.96. The fraction of sp³-hybridized carbons (Fsp3) is 0.556. The predicted molar refractivity (Wildman–Crippen MR) is 85.3 cm³/mol. The first-order valence-corrected chi connectivity index (χ1v) is 7.67. The quantitative estimate of drug-likeness (QED) is 0.648. The maximum absolute atomic E-state index is 4.08. The summed E-state index contributed by atoms with van der Waals surface area (Å²) in [6.07, 6.45) is 7.29. The van der Waals surface area contributed by atoms with E-state index in [2.05, 4.69) is 50.9 Å². The van der Waals surface area contributed by atoms with Gasteiger partial charge in [-0.2, -0.15) is 0 Å². The summed E-state index contributed by atoms with van der Waals surface area (Å²) >= 11 is 0. The summed E-state index contributed by atoms with van der Waals surface area (Å²) in [4.78, 5) is 0. The van der Waals surface area contributed by atoms with Crippen molar-refractivity contribution in [2.24, 2.45) is 0 Å². The van der Waals surface area contributed by atoms with E-state index < -0.39 is 0 Å². The summed E-state index contributed by atoms with van der Waals surface area (Å²) in [5.74, 6) is 0. The molecule has 0 aliphatic rings. The van der Waals surface area contributed by atoms with Crippen LogP contribution in [0.15, 0.2) is 30.5 Å². The number of nitrogens with one attached hydrogen (secondary N) is 1. The zero-order valence-electron chi connectivity index (χ0n) is 12.9. The highest BCUT2D eigenvalue weighted by Crippen LogP contribution is 2.14. The molecule has 0 radical (unpaired) electrons. The van der Waals surface area contributed by atoms with Crippen LogP contribution in [0.25, 0.3) is 0 Å². The van der Waals surface area contributed by atoms with Crippen LogP contribution < -0.4 is 5.32 Å². The van der Waals surface area contributed by atoms with Gasteiger partial charge in [0.1, 0.15) is 0 Å². The lowest BCUT2D eigenvalue weighted by Crippen LogP contribution is -2.12. The van der Waals surface area contributed by atoms with Crippen molar-refractivity contribution in [2.45, 2.75) is 65.8 Å². The van der Waals surface area contributed by atoms with E-state index in [1.54, 1.807) is 0 Å². The molecule has 0 unspecified atom stereocenters. The van der Waals surface area contributed by atoms with Gasteiger partial charge < -0.3 is 5.32 Å². The van der Waals surface area contributed by atoms with E-state index in [9.17, 15) is 0 Å². The highest BCUT2D eigenvalue weighted by molar-refractivity contribution is 5.31. The van der Waals surface area contributed by atoms with Crippen LogP contribution in [0.5, 0.6) is 0 Å². The molecule has 0 atom stereocenters. The number of aryl methyl sites for hydroxylation is 2. The summed E-state index contributed by atoms with van der Waals surface area (Å²) < 4.78 is 0. The van der Waals surface area contributed by atoms with E-state index >= 15 is 0 Å². The predicted octanol–water partition coefficient (Wildman–Crippen LogP) is 5.13. The maximum atomic E-state index is 4.08. The molecule has 0 aliphatic heterocycles. The fourth-order valence-electron chi connectivity index (χ4n) is 2.22. The van der Waals surface area contributed by atoms with Gasteiger partial charge in [0.15, 0.2) is 0 Å². The van der Waals surface area contributed by atoms with Crippen molar-refractivity contribution < 1.29 is 0 Å². The Balaban J connectivity index is 2.47. The van der Waals surface area contributed by atoms with Gasteiger partial charge in [0.05, 0.1) is 0 Å². The van der Waals surface area contributed by atoms with Gasteiger partial charge >= 0.3 is 0 Å². The molecule has 1 heteroatoms. The topological polar surface area (TPSA) is 12.0 Å². The minimum absolute atomic E-state index is 0.900. The van der Waals surface area contributed by atoms with Crippen molar-refractivity contribution in [3.63, 3.8) is 0 Å². The summed E-state index contributed by atoms with van der Waals surface area (Å²) in [5, 5.41) is 3.43. The van der Waals surface area contributed by atoms with Gasteiger partial charge in [0.2, 0.25) is 0 Å². The number of rotatable bonds is 9. The van der Waals surface area contributed by atoms with Crippen LogP contribution in [0.4, 0.5) is 0 Å². The van der Waals surface area contributed by atoms with E-state index in [0.29, 0.717) is 0 Å². The van der Waals surface area contributed by atoms with Crippen LogP contribution in [0.2, 0.25) is 0 Å². The van der Waals surface area contributed by atoms with Crippen LogP contribution >= 0.6 is 0 Å². The molecule has 0 saturated carbocycles. The number of hydrogen-bond acceptors (Lipinski definition) is 1. The smallest absolute Gasteiger partial charge is 0.0397 e. The molecular formula is C18H29N. The number of benzene rings is 1. The fourth-order valence-corrected chi connectivity index (χ4v) is 2.22. The lowest BCUT2D eigenvalue weighted by Gasteiger charge is -2.11. The number of allylic oxidation sites excluding steroid dienone is 1. The van der Waals surface area contributed by atoms with Crippen LogP contribution in [-0.4, -0.2) is 0 Å². The standard InChI is InChI=1S/C18H29N/c1-5-7-9-16(4)19-14-17-11-12-18(10-8-6-2)15(3)13-17/h11-13,19H,4-10,14H2,1-3H3.